The minimum Gasteiger partial charge on any atom is -0.393 e. The number of hydrogen-bond acceptors (Lipinski definition) is 2. The number of Topliss-reactive ketones (excluding diaryl/α,β-unsaturated/α-hetero) is 1. The molecule has 1 rings (SSSR count). The smallest absolute Gasteiger partial charge is 0.158 e. The molecule has 1 unspecified atom stereocenters. The van der Waals surface area contributed by atoms with Crippen LogP contribution in [0.3, 0.4) is 0 Å². The Morgan fingerprint density at radius 3 is 2.90 bits per heavy atom. The van der Waals surface area contributed by atoms with E-state index in [1.54, 1.807) is 6.08 Å². The molecule has 1 fully saturated rings. The fourth-order valence-electron chi connectivity index (χ4n) is 1.21. The summed E-state index contributed by atoms with van der Waals surface area (Å²) >= 11 is 0. The van der Waals surface area contributed by atoms with Crippen LogP contribution < -0.4 is 0 Å². The van der Waals surface area contributed by atoms with E-state index in [2.05, 4.69) is 0 Å². The molecule has 0 aromatic rings. The first-order chi connectivity index (χ1) is 4.74. The summed E-state index contributed by atoms with van der Waals surface area (Å²) in [5.41, 5.74) is 0.791. The van der Waals surface area contributed by atoms with Crippen molar-refractivity contribution in [3.05, 3.63) is 11.6 Å². The minimum absolute atomic E-state index is 0.202. The van der Waals surface area contributed by atoms with Crippen molar-refractivity contribution in [1.82, 2.24) is 0 Å². The molecule has 0 spiro atoms. The summed E-state index contributed by atoms with van der Waals surface area (Å²) < 4.78 is 0. The van der Waals surface area contributed by atoms with Crippen molar-refractivity contribution in [2.75, 3.05) is 0 Å². The predicted octanol–water partition coefficient (Wildman–Crippen LogP) is 1.05. The molecule has 0 bridgehead atoms. The van der Waals surface area contributed by atoms with Crippen LogP contribution in [0, 0.1) is 0 Å². The van der Waals surface area contributed by atoms with E-state index < -0.39 is 0 Å². The van der Waals surface area contributed by atoms with E-state index in [4.69, 9.17) is 5.11 Å². The molecule has 0 heterocycles. The lowest BCUT2D eigenvalue weighted by Crippen LogP contribution is -2.20. The van der Waals surface area contributed by atoms with Crippen LogP contribution >= 0.6 is 0 Å². The van der Waals surface area contributed by atoms with Crippen molar-refractivity contribution < 1.29 is 9.90 Å². The highest BCUT2D eigenvalue weighted by Crippen LogP contribution is 2.19. The maximum atomic E-state index is 11.0. The largest absolute Gasteiger partial charge is 0.393 e. The normalized spacial score (nSPS) is 31.2. The maximum absolute atomic E-state index is 11.0. The summed E-state index contributed by atoms with van der Waals surface area (Å²) in [6.07, 6.45) is 3.21. The molecule has 0 radical (unpaired) electrons. The van der Waals surface area contributed by atoms with Crippen LogP contribution in [0.25, 0.3) is 0 Å². The number of aliphatic hydroxyl groups excluding tert-OH is 1. The molecule has 0 aromatic heterocycles. The van der Waals surface area contributed by atoms with Gasteiger partial charge in [0.1, 0.15) is 0 Å². The van der Waals surface area contributed by atoms with Crippen molar-refractivity contribution >= 4 is 5.78 Å². The molecular formula is C8H12O2. The Balaban J connectivity index is 2.63. The number of ketones is 1. The van der Waals surface area contributed by atoms with Gasteiger partial charge in [0.25, 0.3) is 0 Å². The third-order valence-corrected chi connectivity index (χ3v) is 1.87. The molecule has 0 aromatic carbocycles. The second kappa shape index (κ2) is 2.97. The van der Waals surface area contributed by atoms with Crippen molar-refractivity contribution in [2.45, 2.75) is 32.3 Å². The first-order valence-electron chi connectivity index (χ1n) is 3.60. The highest BCUT2D eigenvalue weighted by atomic mass is 16.3. The van der Waals surface area contributed by atoms with Gasteiger partial charge in [-0.3, -0.25) is 4.79 Å². The molecular weight excluding hydrogens is 128 g/mol. The zero-order chi connectivity index (χ0) is 7.56. The standard InChI is InChI=1S/C8H12O2/c1-2-6-5-7(9)3-4-8(6)10/h2,7,9H,3-5H2,1H3/b6-2+. The van der Waals surface area contributed by atoms with E-state index in [0.29, 0.717) is 19.3 Å². The van der Waals surface area contributed by atoms with Crippen molar-refractivity contribution in [3.8, 4) is 0 Å². The van der Waals surface area contributed by atoms with Crippen LogP contribution in [-0.2, 0) is 4.79 Å². The maximum Gasteiger partial charge on any atom is 0.158 e. The van der Waals surface area contributed by atoms with Gasteiger partial charge in [-0.15, -0.1) is 0 Å². The fourth-order valence-corrected chi connectivity index (χ4v) is 1.21. The van der Waals surface area contributed by atoms with Gasteiger partial charge >= 0.3 is 0 Å². The minimum atomic E-state index is -0.288. The van der Waals surface area contributed by atoms with E-state index in [0.717, 1.165) is 5.57 Å². The Bertz CT molecular complexity index is 170. The second-order valence-corrected chi connectivity index (χ2v) is 2.63. The fraction of sp³-hybridized carbons (Fsp3) is 0.625. The van der Waals surface area contributed by atoms with Crippen LogP contribution in [0.4, 0.5) is 0 Å². The molecule has 1 N–H and O–H groups in total. The highest BCUT2D eigenvalue weighted by molar-refractivity contribution is 5.96. The van der Waals surface area contributed by atoms with Crippen LogP contribution in [0.2, 0.25) is 0 Å². The van der Waals surface area contributed by atoms with E-state index >= 15 is 0 Å². The number of allylic oxidation sites excluding steroid dienone is 1. The molecule has 2 nitrogen and oxygen atoms in total. The van der Waals surface area contributed by atoms with Crippen molar-refractivity contribution in [1.29, 1.82) is 0 Å². The SMILES string of the molecule is C/C=C1\CC(O)CCC1=O. The number of aliphatic hydroxyl groups is 1. The zero-order valence-electron chi connectivity index (χ0n) is 6.13. The first kappa shape index (κ1) is 7.48. The summed E-state index contributed by atoms with van der Waals surface area (Å²) in [4.78, 5) is 11.0. The van der Waals surface area contributed by atoms with Crippen molar-refractivity contribution in [2.24, 2.45) is 0 Å². The molecule has 1 atom stereocenters. The zero-order valence-corrected chi connectivity index (χ0v) is 6.13. The summed E-state index contributed by atoms with van der Waals surface area (Å²) in [7, 11) is 0. The first-order valence-corrected chi connectivity index (χ1v) is 3.60. The number of carbonyl (C=O) groups is 1. The quantitative estimate of drug-likeness (QED) is 0.510. The van der Waals surface area contributed by atoms with Gasteiger partial charge in [0.05, 0.1) is 6.10 Å². The van der Waals surface area contributed by atoms with Crippen LogP contribution in [0.5, 0.6) is 0 Å². The average Bonchev–Trinajstić information content (AvgIpc) is 1.94. The molecule has 2 heteroatoms. The van der Waals surface area contributed by atoms with E-state index in [-0.39, 0.29) is 11.9 Å². The monoisotopic (exact) mass is 140 g/mol. The van der Waals surface area contributed by atoms with Crippen LogP contribution in [0.15, 0.2) is 11.6 Å². The van der Waals surface area contributed by atoms with E-state index in [9.17, 15) is 4.79 Å². The molecule has 56 valence electrons. The Hall–Kier alpha value is -0.630. The topological polar surface area (TPSA) is 37.3 Å². The Morgan fingerprint density at radius 2 is 2.40 bits per heavy atom. The third kappa shape index (κ3) is 1.45. The van der Waals surface area contributed by atoms with Crippen molar-refractivity contribution in [3.63, 3.8) is 0 Å². The summed E-state index contributed by atoms with van der Waals surface area (Å²) in [5, 5.41) is 9.14. The lowest BCUT2D eigenvalue weighted by atomic mass is 9.91. The molecule has 10 heavy (non-hydrogen) atoms. The second-order valence-electron chi connectivity index (χ2n) is 2.63. The predicted molar refractivity (Wildman–Crippen MR) is 38.6 cm³/mol. The molecule has 1 saturated carbocycles. The van der Waals surface area contributed by atoms with Gasteiger partial charge in [0, 0.05) is 12.8 Å². The van der Waals surface area contributed by atoms with Gasteiger partial charge in [-0.25, -0.2) is 0 Å². The van der Waals surface area contributed by atoms with Gasteiger partial charge in [0.2, 0.25) is 0 Å². The van der Waals surface area contributed by atoms with Gasteiger partial charge in [-0.2, -0.15) is 0 Å². The lowest BCUT2D eigenvalue weighted by molar-refractivity contribution is -0.117. The molecule has 0 aliphatic heterocycles. The molecule has 0 amide bonds. The summed E-state index contributed by atoms with van der Waals surface area (Å²) in [5.74, 6) is 0.202. The van der Waals surface area contributed by atoms with E-state index in [1.165, 1.54) is 0 Å². The number of hydrogen-bond donors (Lipinski definition) is 1. The van der Waals surface area contributed by atoms with Gasteiger partial charge in [-0.1, -0.05) is 6.08 Å². The molecule has 1 aliphatic carbocycles. The van der Waals surface area contributed by atoms with Gasteiger partial charge < -0.3 is 5.11 Å². The highest BCUT2D eigenvalue weighted by Gasteiger charge is 2.20. The Labute approximate surface area is 60.6 Å². The lowest BCUT2D eigenvalue weighted by Gasteiger charge is -2.17. The average molecular weight is 140 g/mol. The van der Waals surface area contributed by atoms with Crippen LogP contribution in [0.1, 0.15) is 26.2 Å². The number of rotatable bonds is 0. The van der Waals surface area contributed by atoms with Crippen LogP contribution in [-0.4, -0.2) is 17.0 Å². The molecule has 0 saturated heterocycles. The third-order valence-electron chi connectivity index (χ3n) is 1.87. The summed E-state index contributed by atoms with van der Waals surface area (Å²) in [6.45, 7) is 1.84. The summed E-state index contributed by atoms with van der Waals surface area (Å²) in [6, 6.07) is 0. The Kier molecular flexibility index (Phi) is 2.22. The number of carbonyl (C=O) groups excluding carboxylic acids is 1. The van der Waals surface area contributed by atoms with E-state index in [1.807, 2.05) is 6.92 Å². The van der Waals surface area contributed by atoms with Gasteiger partial charge in [-0.05, 0) is 18.9 Å². The Morgan fingerprint density at radius 1 is 1.70 bits per heavy atom. The molecule has 1 aliphatic rings. The van der Waals surface area contributed by atoms with Gasteiger partial charge in [0.15, 0.2) is 5.78 Å².